The predicted octanol–water partition coefficient (Wildman–Crippen LogP) is 4.37. The van der Waals surface area contributed by atoms with Crippen LogP contribution in [0, 0.1) is 16.0 Å². The third kappa shape index (κ3) is 5.14. The van der Waals surface area contributed by atoms with Gasteiger partial charge in [0.05, 0.1) is 24.3 Å². The first-order valence-corrected chi connectivity index (χ1v) is 9.57. The van der Waals surface area contributed by atoms with Gasteiger partial charge in [-0.25, -0.2) is 5.01 Å². The molecule has 3 rings (SSSR count). The van der Waals surface area contributed by atoms with Crippen LogP contribution in [-0.2, 0) is 11.3 Å². The van der Waals surface area contributed by atoms with E-state index >= 15 is 0 Å². The number of nitrogens with zero attached hydrogens (tertiary/aromatic N) is 3. The van der Waals surface area contributed by atoms with E-state index in [1.165, 1.54) is 36.4 Å². The smallest absolute Gasteiger partial charge is 0.387 e. The van der Waals surface area contributed by atoms with Crippen LogP contribution in [0.15, 0.2) is 47.6 Å². The van der Waals surface area contributed by atoms with E-state index in [-0.39, 0.29) is 42.0 Å². The topological polar surface area (TPSA) is 94.3 Å². The van der Waals surface area contributed by atoms with E-state index in [9.17, 15) is 23.7 Å². The van der Waals surface area contributed by atoms with Gasteiger partial charge in [0.15, 0.2) is 11.5 Å². The fourth-order valence-electron chi connectivity index (χ4n) is 3.36. The van der Waals surface area contributed by atoms with Crippen molar-refractivity contribution in [1.29, 1.82) is 0 Å². The number of methoxy groups -OCH3 is 1. The van der Waals surface area contributed by atoms with Crippen molar-refractivity contribution < 1.29 is 28.0 Å². The SMILES string of the molecule is CCC1CC(=O)N(Cc2ccc([N+](=O)[O-])cc2)N=C1c1ccc(OC)c(OC(F)F)c1. The number of nitro groups is 1. The highest BCUT2D eigenvalue weighted by Crippen LogP contribution is 2.33. The largest absolute Gasteiger partial charge is 0.493 e. The summed E-state index contributed by atoms with van der Waals surface area (Å²) in [5, 5.41) is 16.6. The molecule has 8 nitrogen and oxygen atoms in total. The van der Waals surface area contributed by atoms with E-state index in [0.29, 0.717) is 23.3 Å². The second-order valence-corrected chi connectivity index (χ2v) is 6.91. The second-order valence-electron chi connectivity index (χ2n) is 6.91. The minimum Gasteiger partial charge on any atom is -0.493 e. The van der Waals surface area contributed by atoms with E-state index in [0.717, 1.165) is 0 Å². The molecule has 1 amide bonds. The Kier molecular flexibility index (Phi) is 6.78. The molecular formula is C21H21F2N3O5. The van der Waals surface area contributed by atoms with Gasteiger partial charge in [0, 0.05) is 30.0 Å². The molecular weight excluding hydrogens is 412 g/mol. The summed E-state index contributed by atoms with van der Waals surface area (Å²) in [6, 6.07) is 10.5. The Hall–Kier alpha value is -3.56. The minimum atomic E-state index is -3.01. The van der Waals surface area contributed by atoms with E-state index in [1.807, 2.05) is 6.92 Å². The van der Waals surface area contributed by atoms with Crippen molar-refractivity contribution in [2.24, 2.45) is 11.0 Å². The zero-order valence-corrected chi connectivity index (χ0v) is 17.0. The molecule has 1 aliphatic heterocycles. The number of rotatable bonds is 8. The third-order valence-corrected chi connectivity index (χ3v) is 4.97. The molecule has 1 aliphatic rings. The number of halogens is 2. The number of hydrogen-bond acceptors (Lipinski definition) is 6. The average molecular weight is 433 g/mol. The molecule has 1 unspecified atom stereocenters. The average Bonchev–Trinajstić information content (AvgIpc) is 2.74. The zero-order chi connectivity index (χ0) is 22.5. The number of amides is 1. The second kappa shape index (κ2) is 9.50. The number of carbonyl (C=O) groups is 1. The Morgan fingerprint density at radius 2 is 1.94 bits per heavy atom. The van der Waals surface area contributed by atoms with Gasteiger partial charge in [0.2, 0.25) is 5.91 Å². The van der Waals surface area contributed by atoms with E-state index in [4.69, 9.17) is 4.74 Å². The lowest BCUT2D eigenvalue weighted by molar-refractivity contribution is -0.384. The Morgan fingerprint density at radius 1 is 1.23 bits per heavy atom. The van der Waals surface area contributed by atoms with Gasteiger partial charge in [-0.15, -0.1) is 0 Å². The fraction of sp³-hybridized carbons (Fsp3) is 0.333. The maximum atomic E-state index is 12.8. The molecule has 10 heteroatoms. The van der Waals surface area contributed by atoms with Crippen molar-refractivity contribution >= 4 is 17.3 Å². The molecule has 0 N–H and O–H groups in total. The predicted molar refractivity (Wildman–Crippen MR) is 108 cm³/mol. The summed E-state index contributed by atoms with van der Waals surface area (Å²) < 4.78 is 35.2. The van der Waals surface area contributed by atoms with Crippen LogP contribution in [0.1, 0.15) is 30.9 Å². The Labute approximate surface area is 177 Å². The van der Waals surface area contributed by atoms with Crippen LogP contribution in [0.5, 0.6) is 11.5 Å². The molecule has 2 aromatic rings. The van der Waals surface area contributed by atoms with Gasteiger partial charge >= 0.3 is 6.61 Å². The summed E-state index contributed by atoms with van der Waals surface area (Å²) >= 11 is 0. The number of carbonyl (C=O) groups excluding carboxylic acids is 1. The highest BCUT2D eigenvalue weighted by molar-refractivity contribution is 6.06. The monoisotopic (exact) mass is 433 g/mol. The number of ether oxygens (including phenoxy) is 2. The molecule has 0 aliphatic carbocycles. The standard InChI is InChI=1S/C21H21F2N3O5/c1-3-14-11-19(27)25(12-13-4-7-16(8-5-13)26(28)29)24-20(14)15-6-9-17(30-2)18(10-15)31-21(22)23/h4-10,14,21H,3,11-12H2,1-2H3. The summed E-state index contributed by atoms with van der Waals surface area (Å²) in [5.41, 5.74) is 1.75. The molecule has 0 fully saturated rings. The van der Waals surface area contributed by atoms with Gasteiger partial charge in [-0.1, -0.05) is 19.1 Å². The summed E-state index contributed by atoms with van der Waals surface area (Å²) in [6.45, 7) is -0.966. The number of hydrogen-bond donors (Lipinski definition) is 0. The summed E-state index contributed by atoms with van der Waals surface area (Å²) in [7, 11) is 1.35. The molecule has 0 radical (unpaired) electrons. The lowest BCUT2D eigenvalue weighted by atomic mass is 9.89. The van der Waals surface area contributed by atoms with Crippen molar-refractivity contribution in [2.75, 3.05) is 7.11 Å². The van der Waals surface area contributed by atoms with Crippen LogP contribution in [0.25, 0.3) is 0 Å². The van der Waals surface area contributed by atoms with Gasteiger partial charge in [0.1, 0.15) is 0 Å². The van der Waals surface area contributed by atoms with Crippen LogP contribution in [0.2, 0.25) is 0 Å². The fourth-order valence-corrected chi connectivity index (χ4v) is 3.36. The molecule has 0 aromatic heterocycles. The van der Waals surface area contributed by atoms with Crippen LogP contribution in [0.3, 0.4) is 0 Å². The molecule has 1 heterocycles. The Morgan fingerprint density at radius 3 is 2.52 bits per heavy atom. The number of benzene rings is 2. The lowest BCUT2D eigenvalue weighted by Gasteiger charge is -2.29. The number of alkyl halides is 2. The van der Waals surface area contributed by atoms with Crippen LogP contribution in [-0.4, -0.2) is 35.3 Å². The van der Waals surface area contributed by atoms with Crippen molar-refractivity contribution in [3.05, 3.63) is 63.7 Å². The molecule has 0 saturated carbocycles. The first-order valence-electron chi connectivity index (χ1n) is 9.57. The van der Waals surface area contributed by atoms with Gasteiger partial charge in [-0.2, -0.15) is 13.9 Å². The quantitative estimate of drug-likeness (QED) is 0.455. The van der Waals surface area contributed by atoms with Crippen molar-refractivity contribution in [3.63, 3.8) is 0 Å². The van der Waals surface area contributed by atoms with Crippen molar-refractivity contribution in [3.8, 4) is 11.5 Å². The van der Waals surface area contributed by atoms with E-state index in [1.54, 1.807) is 18.2 Å². The van der Waals surface area contributed by atoms with E-state index < -0.39 is 11.5 Å². The minimum absolute atomic E-state index is 0.0475. The lowest BCUT2D eigenvalue weighted by Crippen LogP contribution is -2.36. The van der Waals surface area contributed by atoms with Gasteiger partial charge in [-0.3, -0.25) is 14.9 Å². The third-order valence-electron chi connectivity index (χ3n) is 4.97. The van der Waals surface area contributed by atoms with Crippen LogP contribution in [0.4, 0.5) is 14.5 Å². The summed E-state index contributed by atoms with van der Waals surface area (Å²) in [5.74, 6) is -0.335. The molecule has 1 atom stereocenters. The normalized spacial score (nSPS) is 16.3. The van der Waals surface area contributed by atoms with Gasteiger partial charge in [-0.05, 0) is 30.2 Å². The summed E-state index contributed by atoms with van der Waals surface area (Å²) in [4.78, 5) is 22.9. The van der Waals surface area contributed by atoms with Crippen LogP contribution < -0.4 is 9.47 Å². The van der Waals surface area contributed by atoms with E-state index in [2.05, 4.69) is 9.84 Å². The highest BCUT2D eigenvalue weighted by atomic mass is 19.3. The molecule has 31 heavy (non-hydrogen) atoms. The first-order chi connectivity index (χ1) is 14.8. The highest BCUT2D eigenvalue weighted by Gasteiger charge is 2.30. The molecule has 164 valence electrons. The van der Waals surface area contributed by atoms with Gasteiger partial charge in [0.25, 0.3) is 5.69 Å². The Bertz CT molecular complexity index is 995. The zero-order valence-electron chi connectivity index (χ0n) is 17.0. The van der Waals surface area contributed by atoms with Gasteiger partial charge < -0.3 is 9.47 Å². The molecule has 0 spiro atoms. The number of nitro benzene ring substituents is 1. The molecule has 2 aromatic carbocycles. The van der Waals surface area contributed by atoms with Crippen molar-refractivity contribution in [2.45, 2.75) is 32.9 Å². The Balaban J connectivity index is 1.93. The first kappa shape index (κ1) is 22.1. The molecule has 0 saturated heterocycles. The number of hydrazone groups is 1. The van der Waals surface area contributed by atoms with Crippen molar-refractivity contribution in [1.82, 2.24) is 5.01 Å². The number of non-ortho nitro benzene ring substituents is 1. The van der Waals surface area contributed by atoms with Crippen LogP contribution >= 0.6 is 0 Å². The molecule has 0 bridgehead atoms. The maximum absolute atomic E-state index is 12.8. The maximum Gasteiger partial charge on any atom is 0.387 e. The summed E-state index contributed by atoms with van der Waals surface area (Å²) in [6.07, 6.45) is 0.840.